The smallest absolute Gasteiger partial charge is 0.340 e. The number of anilines is 1. The van der Waals surface area contributed by atoms with Gasteiger partial charge in [0, 0.05) is 12.2 Å². The first-order chi connectivity index (χ1) is 9.81. The minimum absolute atomic E-state index is 0.151. The Morgan fingerprint density at radius 1 is 1.33 bits per heavy atom. The molecule has 0 aliphatic heterocycles. The van der Waals surface area contributed by atoms with E-state index < -0.39 is 12.1 Å². The van der Waals surface area contributed by atoms with Crippen LogP contribution in [0.15, 0.2) is 18.2 Å². The summed E-state index contributed by atoms with van der Waals surface area (Å²) >= 11 is 5.92. The van der Waals surface area contributed by atoms with E-state index >= 15 is 0 Å². The molecule has 0 heterocycles. The van der Waals surface area contributed by atoms with Gasteiger partial charge in [-0.15, -0.1) is 0 Å². The van der Waals surface area contributed by atoms with E-state index in [1.807, 2.05) is 0 Å². The van der Waals surface area contributed by atoms with Crippen LogP contribution in [0, 0.1) is 5.92 Å². The fraction of sp³-hybridized carbons (Fsp3) is 0.467. The SMILES string of the molecule is CC(C)CCNC(=O)C(C)OC(=O)c1cc(N)ccc1Cl. The summed E-state index contributed by atoms with van der Waals surface area (Å²) in [5.74, 6) is -0.503. The number of nitrogens with one attached hydrogen (secondary N) is 1. The minimum Gasteiger partial charge on any atom is -0.449 e. The number of nitrogens with two attached hydrogens (primary N) is 1. The molecule has 0 bridgehead atoms. The molecule has 1 atom stereocenters. The van der Waals surface area contributed by atoms with E-state index in [2.05, 4.69) is 19.2 Å². The van der Waals surface area contributed by atoms with Crippen LogP contribution in [0.2, 0.25) is 5.02 Å². The third-order valence-electron chi connectivity index (χ3n) is 2.88. The van der Waals surface area contributed by atoms with Crippen molar-refractivity contribution in [1.82, 2.24) is 5.32 Å². The summed E-state index contributed by atoms with van der Waals surface area (Å²) in [6.07, 6.45) is -0.0184. The summed E-state index contributed by atoms with van der Waals surface area (Å²) in [4.78, 5) is 23.8. The van der Waals surface area contributed by atoms with Gasteiger partial charge < -0.3 is 15.8 Å². The average molecular weight is 313 g/mol. The number of amides is 1. The van der Waals surface area contributed by atoms with E-state index in [4.69, 9.17) is 22.1 Å². The fourth-order valence-corrected chi connectivity index (χ4v) is 1.80. The molecule has 0 aromatic heterocycles. The third-order valence-corrected chi connectivity index (χ3v) is 3.21. The highest BCUT2D eigenvalue weighted by molar-refractivity contribution is 6.33. The number of hydrogen-bond donors (Lipinski definition) is 2. The topological polar surface area (TPSA) is 81.4 Å². The molecule has 116 valence electrons. The molecule has 3 N–H and O–H groups in total. The van der Waals surface area contributed by atoms with Crippen molar-refractivity contribution in [3.05, 3.63) is 28.8 Å². The first kappa shape index (κ1) is 17.3. The molecule has 0 fully saturated rings. The van der Waals surface area contributed by atoms with Crippen molar-refractivity contribution in [2.75, 3.05) is 12.3 Å². The number of ether oxygens (including phenoxy) is 1. The van der Waals surface area contributed by atoms with Crippen molar-refractivity contribution >= 4 is 29.2 Å². The highest BCUT2D eigenvalue weighted by Crippen LogP contribution is 2.20. The molecule has 1 rings (SSSR count). The quantitative estimate of drug-likeness (QED) is 0.625. The van der Waals surface area contributed by atoms with Crippen LogP contribution in [0.3, 0.4) is 0 Å². The lowest BCUT2D eigenvalue weighted by molar-refractivity contribution is -0.129. The van der Waals surface area contributed by atoms with Crippen molar-refractivity contribution in [3.63, 3.8) is 0 Å². The number of rotatable bonds is 6. The zero-order chi connectivity index (χ0) is 16.0. The fourth-order valence-electron chi connectivity index (χ4n) is 1.60. The standard InChI is InChI=1S/C15H21ClN2O3/c1-9(2)6-7-18-14(19)10(3)21-15(20)12-8-11(17)4-5-13(12)16/h4-5,8-10H,6-7,17H2,1-3H3,(H,18,19). The molecule has 1 aromatic carbocycles. The van der Waals surface area contributed by atoms with Crippen LogP contribution in [0.1, 0.15) is 37.6 Å². The van der Waals surface area contributed by atoms with Crippen molar-refractivity contribution in [2.45, 2.75) is 33.3 Å². The van der Waals surface area contributed by atoms with Gasteiger partial charge in [0.2, 0.25) is 0 Å². The second-order valence-electron chi connectivity index (χ2n) is 5.26. The van der Waals surface area contributed by atoms with Gasteiger partial charge in [-0.3, -0.25) is 4.79 Å². The number of carbonyl (C=O) groups is 2. The van der Waals surface area contributed by atoms with Gasteiger partial charge in [0.15, 0.2) is 6.10 Å². The zero-order valence-corrected chi connectivity index (χ0v) is 13.2. The summed E-state index contributed by atoms with van der Waals surface area (Å²) in [6.45, 7) is 6.20. The van der Waals surface area contributed by atoms with Crippen LogP contribution >= 0.6 is 11.6 Å². The highest BCUT2D eigenvalue weighted by atomic mass is 35.5. The maximum atomic E-state index is 12.0. The van der Waals surface area contributed by atoms with E-state index in [1.54, 1.807) is 6.07 Å². The Hall–Kier alpha value is -1.75. The Labute approximate surface area is 129 Å². The molecule has 0 saturated heterocycles. The van der Waals surface area contributed by atoms with Gasteiger partial charge in [0.1, 0.15) is 0 Å². The zero-order valence-electron chi connectivity index (χ0n) is 12.5. The van der Waals surface area contributed by atoms with E-state index in [9.17, 15) is 9.59 Å². The van der Waals surface area contributed by atoms with Gasteiger partial charge >= 0.3 is 5.97 Å². The predicted molar refractivity (Wildman–Crippen MR) is 83.2 cm³/mol. The second-order valence-corrected chi connectivity index (χ2v) is 5.67. The third kappa shape index (κ3) is 5.63. The predicted octanol–water partition coefficient (Wildman–Crippen LogP) is 2.63. The number of halogens is 1. The molecule has 0 aliphatic carbocycles. The van der Waals surface area contributed by atoms with Crippen LogP contribution in [0.25, 0.3) is 0 Å². The summed E-state index contributed by atoms with van der Waals surface area (Å²) in [7, 11) is 0. The summed E-state index contributed by atoms with van der Waals surface area (Å²) in [5.41, 5.74) is 6.16. The summed E-state index contributed by atoms with van der Waals surface area (Å²) < 4.78 is 5.10. The maximum absolute atomic E-state index is 12.0. The normalized spacial score (nSPS) is 12.0. The molecular weight excluding hydrogens is 292 g/mol. The van der Waals surface area contributed by atoms with E-state index in [1.165, 1.54) is 19.1 Å². The molecule has 5 nitrogen and oxygen atoms in total. The maximum Gasteiger partial charge on any atom is 0.340 e. The molecule has 0 saturated carbocycles. The molecule has 21 heavy (non-hydrogen) atoms. The highest BCUT2D eigenvalue weighted by Gasteiger charge is 2.20. The Morgan fingerprint density at radius 3 is 2.62 bits per heavy atom. The Bertz CT molecular complexity index is 518. The Morgan fingerprint density at radius 2 is 2.00 bits per heavy atom. The molecular formula is C15H21ClN2O3. The number of nitrogen functional groups attached to an aromatic ring is 1. The average Bonchev–Trinajstić information content (AvgIpc) is 2.40. The van der Waals surface area contributed by atoms with Gasteiger partial charge in [0.25, 0.3) is 5.91 Å². The Kier molecular flexibility index (Phi) is 6.49. The van der Waals surface area contributed by atoms with Crippen molar-refractivity contribution in [3.8, 4) is 0 Å². The van der Waals surface area contributed by atoms with Crippen LogP contribution in [-0.2, 0) is 9.53 Å². The van der Waals surface area contributed by atoms with Gasteiger partial charge in [-0.25, -0.2) is 4.79 Å². The lowest BCUT2D eigenvalue weighted by atomic mass is 10.1. The van der Waals surface area contributed by atoms with E-state index in [0.717, 1.165) is 6.42 Å². The van der Waals surface area contributed by atoms with Crippen LogP contribution in [0.4, 0.5) is 5.69 Å². The molecule has 0 radical (unpaired) electrons. The first-order valence-electron chi connectivity index (χ1n) is 6.85. The van der Waals surface area contributed by atoms with Gasteiger partial charge in [-0.2, -0.15) is 0 Å². The molecule has 0 spiro atoms. The minimum atomic E-state index is -0.887. The Balaban J connectivity index is 2.57. The monoisotopic (exact) mass is 312 g/mol. The van der Waals surface area contributed by atoms with E-state index in [-0.39, 0.29) is 16.5 Å². The number of carbonyl (C=O) groups excluding carboxylic acids is 2. The van der Waals surface area contributed by atoms with Crippen molar-refractivity contribution < 1.29 is 14.3 Å². The number of benzene rings is 1. The second kappa shape index (κ2) is 7.88. The van der Waals surface area contributed by atoms with Crippen LogP contribution in [0.5, 0.6) is 0 Å². The number of esters is 1. The molecule has 1 aromatic rings. The van der Waals surface area contributed by atoms with Gasteiger partial charge in [-0.05, 0) is 37.5 Å². The number of hydrogen-bond acceptors (Lipinski definition) is 4. The summed E-state index contributed by atoms with van der Waals surface area (Å²) in [5, 5.41) is 2.96. The molecule has 0 aliphatic rings. The first-order valence-corrected chi connectivity index (χ1v) is 7.22. The summed E-state index contributed by atoms with van der Waals surface area (Å²) in [6, 6.07) is 4.52. The van der Waals surface area contributed by atoms with Crippen molar-refractivity contribution in [2.24, 2.45) is 5.92 Å². The van der Waals surface area contributed by atoms with Crippen LogP contribution in [-0.4, -0.2) is 24.5 Å². The van der Waals surface area contributed by atoms with Gasteiger partial charge in [-0.1, -0.05) is 25.4 Å². The molecule has 6 heteroatoms. The molecule has 1 unspecified atom stereocenters. The van der Waals surface area contributed by atoms with Crippen LogP contribution < -0.4 is 11.1 Å². The van der Waals surface area contributed by atoms with E-state index in [0.29, 0.717) is 18.2 Å². The van der Waals surface area contributed by atoms with Gasteiger partial charge in [0.05, 0.1) is 10.6 Å². The molecule has 1 amide bonds. The lowest BCUT2D eigenvalue weighted by Crippen LogP contribution is -2.36. The van der Waals surface area contributed by atoms with Crippen molar-refractivity contribution in [1.29, 1.82) is 0 Å². The largest absolute Gasteiger partial charge is 0.449 e. The lowest BCUT2D eigenvalue weighted by Gasteiger charge is -2.14.